The highest BCUT2D eigenvalue weighted by atomic mass is 16.5. The second-order valence-corrected chi connectivity index (χ2v) is 2.00. The van der Waals surface area contributed by atoms with Gasteiger partial charge in [0.2, 0.25) is 0 Å². The lowest BCUT2D eigenvalue weighted by molar-refractivity contribution is -0.137. The third kappa shape index (κ3) is 6.86. The van der Waals surface area contributed by atoms with E-state index < -0.39 is 0 Å². The number of hydrogen-bond donors (Lipinski definition) is 0. The van der Waals surface area contributed by atoms with Gasteiger partial charge in [0.05, 0.1) is 25.6 Å². The predicted octanol–water partition coefficient (Wildman–Crippen LogP) is 1.66. The van der Waals surface area contributed by atoms with Crippen molar-refractivity contribution in [1.82, 2.24) is 0 Å². The van der Waals surface area contributed by atoms with E-state index in [1.165, 1.54) is 12.3 Å². The molecule has 0 aromatic carbocycles. The van der Waals surface area contributed by atoms with E-state index in [0.717, 1.165) is 6.42 Å². The number of rotatable bonds is 6. The molecule has 0 aliphatic carbocycles. The van der Waals surface area contributed by atoms with Crippen LogP contribution in [0.2, 0.25) is 0 Å². The minimum atomic E-state index is -0.379. The van der Waals surface area contributed by atoms with E-state index in [1.807, 2.05) is 0 Å². The summed E-state index contributed by atoms with van der Waals surface area (Å²) in [4.78, 5) is 10.7. The molecule has 0 spiro atoms. The Morgan fingerprint density at radius 3 is 2.92 bits per heavy atom. The molecule has 0 aliphatic rings. The first-order chi connectivity index (χ1) is 5.81. The van der Waals surface area contributed by atoms with E-state index in [0.29, 0.717) is 13.2 Å². The van der Waals surface area contributed by atoms with Crippen molar-refractivity contribution in [1.29, 1.82) is 0 Å². The Balaban J connectivity index is 3.34. The van der Waals surface area contributed by atoms with Crippen molar-refractivity contribution in [2.24, 2.45) is 0 Å². The lowest BCUT2D eigenvalue weighted by atomic mass is 10.5. The van der Waals surface area contributed by atoms with Gasteiger partial charge in [-0.3, -0.25) is 0 Å². The summed E-state index contributed by atoms with van der Waals surface area (Å²) in [5.74, 6) is -0.379. The highest BCUT2D eigenvalue weighted by Crippen LogP contribution is 1.86. The average molecular weight is 170 g/mol. The van der Waals surface area contributed by atoms with Gasteiger partial charge in [0.15, 0.2) is 0 Å². The first-order valence-corrected chi connectivity index (χ1v) is 3.87. The van der Waals surface area contributed by atoms with Crippen LogP contribution in [0.3, 0.4) is 0 Å². The van der Waals surface area contributed by atoms with Crippen LogP contribution in [0.15, 0.2) is 25.0 Å². The maximum Gasteiger partial charge on any atom is 0.333 e. The smallest absolute Gasteiger partial charge is 0.333 e. The summed E-state index contributed by atoms with van der Waals surface area (Å²) in [5.41, 5.74) is 0. The number of carbonyl (C=O) groups is 1. The zero-order valence-electron chi connectivity index (χ0n) is 7.29. The molecule has 0 radical (unpaired) electrons. The zero-order chi connectivity index (χ0) is 9.23. The van der Waals surface area contributed by atoms with E-state index >= 15 is 0 Å². The fourth-order valence-electron chi connectivity index (χ4n) is 0.513. The molecule has 0 unspecified atom stereocenters. The minimum absolute atomic E-state index is 0.379. The van der Waals surface area contributed by atoms with Crippen molar-refractivity contribution in [2.45, 2.75) is 13.3 Å². The van der Waals surface area contributed by atoms with Gasteiger partial charge in [0, 0.05) is 0 Å². The molecule has 0 aromatic rings. The molecule has 0 rings (SSSR count). The molecule has 0 N–H and O–H groups in total. The molecule has 0 aromatic heterocycles. The molecule has 68 valence electrons. The highest BCUT2D eigenvalue weighted by Gasteiger charge is 1.91. The van der Waals surface area contributed by atoms with Crippen LogP contribution in [0.5, 0.6) is 0 Å². The van der Waals surface area contributed by atoms with Crippen LogP contribution in [0, 0.1) is 0 Å². The summed E-state index contributed by atoms with van der Waals surface area (Å²) in [7, 11) is 0. The van der Waals surface area contributed by atoms with Gasteiger partial charge in [-0.2, -0.15) is 0 Å². The van der Waals surface area contributed by atoms with Gasteiger partial charge in [-0.15, -0.1) is 6.58 Å². The van der Waals surface area contributed by atoms with Crippen LogP contribution in [0.1, 0.15) is 13.3 Å². The number of esters is 1. The lowest BCUT2D eigenvalue weighted by Crippen LogP contribution is -1.99. The van der Waals surface area contributed by atoms with Crippen molar-refractivity contribution >= 4 is 5.97 Å². The summed E-state index contributed by atoms with van der Waals surface area (Å²) in [5, 5.41) is 0. The van der Waals surface area contributed by atoms with Crippen molar-refractivity contribution in [3.63, 3.8) is 0 Å². The van der Waals surface area contributed by atoms with Crippen molar-refractivity contribution in [3.05, 3.63) is 25.0 Å². The number of hydrogen-bond acceptors (Lipinski definition) is 3. The maximum absolute atomic E-state index is 10.7. The first kappa shape index (κ1) is 10.8. The van der Waals surface area contributed by atoms with Crippen molar-refractivity contribution < 1.29 is 14.3 Å². The third-order valence-electron chi connectivity index (χ3n) is 1.03. The van der Waals surface area contributed by atoms with E-state index in [9.17, 15) is 4.79 Å². The molecule has 0 saturated heterocycles. The molecule has 0 atom stereocenters. The molecule has 3 nitrogen and oxygen atoms in total. The Hall–Kier alpha value is -1.25. The molecule has 0 saturated carbocycles. The average Bonchev–Trinajstić information content (AvgIpc) is 2.05. The molecule has 0 fully saturated rings. The second kappa shape index (κ2) is 7.85. The van der Waals surface area contributed by atoms with E-state index in [1.54, 1.807) is 13.0 Å². The van der Waals surface area contributed by atoms with Crippen LogP contribution in [0.4, 0.5) is 0 Å². The Bertz CT molecular complexity index is 161. The van der Waals surface area contributed by atoms with Gasteiger partial charge >= 0.3 is 5.97 Å². The second-order valence-electron chi connectivity index (χ2n) is 2.00. The topological polar surface area (TPSA) is 35.5 Å². The molecule has 0 bridgehead atoms. The van der Waals surface area contributed by atoms with Gasteiger partial charge in [-0.1, -0.05) is 6.08 Å². The van der Waals surface area contributed by atoms with Gasteiger partial charge < -0.3 is 9.47 Å². The van der Waals surface area contributed by atoms with Crippen LogP contribution in [-0.4, -0.2) is 19.2 Å². The molecular weight excluding hydrogens is 156 g/mol. The van der Waals surface area contributed by atoms with Gasteiger partial charge in [0.1, 0.15) is 0 Å². The van der Waals surface area contributed by atoms with E-state index in [-0.39, 0.29) is 5.97 Å². The Labute approximate surface area is 72.7 Å². The molecular formula is C9H14O3. The Morgan fingerprint density at radius 1 is 1.58 bits per heavy atom. The van der Waals surface area contributed by atoms with Crippen LogP contribution >= 0.6 is 0 Å². The molecule has 3 heteroatoms. The van der Waals surface area contributed by atoms with Crippen molar-refractivity contribution in [2.75, 3.05) is 13.2 Å². The minimum Gasteiger partial charge on any atom is -0.501 e. The highest BCUT2D eigenvalue weighted by molar-refractivity contribution is 5.81. The fourth-order valence-corrected chi connectivity index (χ4v) is 0.513. The largest absolute Gasteiger partial charge is 0.501 e. The molecule has 0 heterocycles. The number of carbonyl (C=O) groups excluding carboxylic acids is 1. The van der Waals surface area contributed by atoms with E-state index in [4.69, 9.17) is 4.74 Å². The Kier molecular flexibility index (Phi) is 7.03. The maximum atomic E-state index is 10.7. The van der Waals surface area contributed by atoms with Crippen LogP contribution in [0.25, 0.3) is 0 Å². The van der Waals surface area contributed by atoms with Gasteiger partial charge in [0.25, 0.3) is 0 Å². The number of ether oxygens (including phenoxy) is 2. The van der Waals surface area contributed by atoms with Gasteiger partial charge in [-0.25, -0.2) is 4.79 Å². The quantitative estimate of drug-likeness (QED) is 0.200. The van der Waals surface area contributed by atoms with Crippen LogP contribution < -0.4 is 0 Å². The molecule has 0 aliphatic heterocycles. The summed E-state index contributed by atoms with van der Waals surface area (Å²) in [6.45, 7) is 6.21. The third-order valence-corrected chi connectivity index (χ3v) is 1.03. The summed E-state index contributed by atoms with van der Waals surface area (Å²) in [6, 6.07) is 0. The summed E-state index contributed by atoms with van der Waals surface area (Å²) in [6.07, 6.45) is 5.11. The van der Waals surface area contributed by atoms with Crippen LogP contribution in [-0.2, 0) is 14.3 Å². The molecule has 12 heavy (non-hydrogen) atoms. The summed E-state index contributed by atoms with van der Waals surface area (Å²) >= 11 is 0. The fraction of sp³-hybridized carbons (Fsp3) is 0.444. The van der Waals surface area contributed by atoms with Crippen molar-refractivity contribution in [3.8, 4) is 0 Å². The normalized spacial score (nSPS) is 9.75. The standard InChI is InChI=1S/C9H14O3/c1-3-5-7-11-8-6-9(10)12-4-2/h3,6,8H,1,4-5,7H2,2H3. The first-order valence-electron chi connectivity index (χ1n) is 3.87. The molecule has 0 amide bonds. The lowest BCUT2D eigenvalue weighted by Gasteiger charge is -1.96. The Morgan fingerprint density at radius 2 is 2.33 bits per heavy atom. The summed E-state index contributed by atoms with van der Waals surface area (Å²) < 4.78 is 9.56. The van der Waals surface area contributed by atoms with E-state index in [2.05, 4.69) is 11.3 Å². The predicted molar refractivity (Wildman–Crippen MR) is 46.5 cm³/mol. The van der Waals surface area contributed by atoms with Gasteiger partial charge in [-0.05, 0) is 13.3 Å². The SMILES string of the molecule is C=CCCOC=CC(=O)OCC. The monoisotopic (exact) mass is 170 g/mol. The zero-order valence-corrected chi connectivity index (χ0v) is 7.29.